The van der Waals surface area contributed by atoms with Gasteiger partial charge in [0.05, 0.1) is 19.4 Å². The fourth-order valence-electron chi connectivity index (χ4n) is 3.46. The van der Waals surface area contributed by atoms with Crippen LogP contribution in [0, 0.1) is 5.82 Å². The van der Waals surface area contributed by atoms with Crippen LogP contribution in [0.3, 0.4) is 0 Å². The van der Waals surface area contributed by atoms with Crippen molar-refractivity contribution in [3.63, 3.8) is 0 Å². The molecule has 0 amide bonds. The number of benzene rings is 2. The van der Waals surface area contributed by atoms with Crippen LogP contribution < -0.4 is 15.0 Å². The Labute approximate surface area is 192 Å². The Bertz CT molecular complexity index is 1520. The fourth-order valence-corrected chi connectivity index (χ4v) is 3.46. The Balaban J connectivity index is 1.41. The van der Waals surface area contributed by atoms with Gasteiger partial charge in [0, 0.05) is 11.1 Å². The van der Waals surface area contributed by atoms with Gasteiger partial charge < -0.3 is 14.0 Å². The lowest BCUT2D eigenvalue weighted by molar-refractivity contribution is 0.311. The van der Waals surface area contributed by atoms with Crippen molar-refractivity contribution < 1.29 is 18.4 Å². The number of hydrogen-bond donors (Lipinski definition) is 0. The molecule has 5 rings (SSSR count). The van der Waals surface area contributed by atoms with Crippen LogP contribution in [0.2, 0.25) is 0 Å². The maximum absolute atomic E-state index is 13.2. The van der Waals surface area contributed by atoms with E-state index in [0.717, 1.165) is 0 Å². The summed E-state index contributed by atoms with van der Waals surface area (Å²) in [6.07, 6.45) is 1.42. The van der Waals surface area contributed by atoms with Gasteiger partial charge in [-0.1, -0.05) is 5.16 Å². The monoisotopic (exact) mass is 462 g/mol. The molecule has 0 fully saturated rings. The first kappa shape index (κ1) is 21.3. The summed E-state index contributed by atoms with van der Waals surface area (Å²) in [5.74, 6) is 1.36. The minimum absolute atomic E-state index is 0.0203. The number of fused-ring (bicyclic) bond motifs is 1. The molecule has 5 aromatic rings. The van der Waals surface area contributed by atoms with Gasteiger partial charge in [0.1, 0.15) is 24.2 Å². The number of ether oxygens (including phenoxy) is 2. The van der Waals surface area contributed by atoms with E-state index in [2.05, 4.69) is 20.3 Å². The molecule has 0 saturated carbocycles. The summed E-state index contributed by atoms with van der Waals surface area (Å²) in [5.41, 5.74) is 1.81. The van der Waals surface area contributed by atoms with E-state index in [4.69, 9.17) is 14.0 Å². The van der Waals surface area contributed by atoms with Crippen LogP contribution in [-0.2, 0) is 6.54 Å². The summed E-state index contributed by atoms with van der Waals surface area (Å²) in [7, 11) is 1.55. The van der Waals surface area contributed by atoms with Gasteiger partial charge in [0.2, 0.25) is 11.7 Å². The first-order valence-electron chi connectivity index (χ1n) is 10.4. The van der Waals surface area contributed by atoms with Crippen LogP contribution in [0.1, 0.15) is 12.8 Å². The molecule has 2 aromatic carbocycles. The molecule has 0 aliphatic rings. The van der Waals surface area contributed by atoms with E-state index < -0.39 is 0 Å². The molecular formula is C23H19FN6O4. The minimum Gasteiger partial charge on any atom is -0.493 e. The third-order valence-corrected chi connectivity index (χ3v) is 5.10. The molecule has 0 aliphatic heterocycles. The van der Waals surface area contributed by atoms with Gasteiger partial charge >= 0.3 is 0 Å². The predicted octanol–water partition coefficient (Wildman–Crippen LogP) is 3.20. The molecule has 0 spiro atoms. The van der Waals surface area contributed by atoms with Crippen molar-refractivity contribution in [1.82, 2.24) is 29.5 Å². The molecule has 0 radical (unpaired) electrons. The molecule has 0 atom stereocenters. The second kappa shape index (κ2) is 8.77. The molecule has 0 bridgehead atoms. The zero-order valence-electron chi connectivity index (χ0n) is 18.3. The quantitative estimate of drug-likeness (QED) is 0.363. The molecule has 10 nitrogen and oxygen atoms in total. The Morgan fingerprint density at radius 1 is 1.06 bits per heavy atom. The Morgan fingerprint density at radius 2 is 1.85 bits per heavy atom. The number of methoxy groups -OCH3 is 1. The first-order chi connectivity index (χ1) is 16.6. The van der Waals surface area contributed by atoms with Crippen molar-refractivity contribution in [2.75, 3.05) is 13.7 Å². The molecule has 3 heterocycles. The zero-order valence-corrected chi connectivity index (χ0v) is 18.3. The number of halogens is 1. The summed E-state index contributed by atoms with van der Waals surface area (Å²) >= 11 is 0. The van der Waals surface area contributed by atoms with Crippen molar-refractivity contribution in [2.24, 2.45) is 0 Å². The van der Waals surface area contributed by atoms with E-state index in [9.17, 15) is 9.18 Å². The topological polar surface area (TPSA) is 110 Å². The highest BCUT2D eigenvalue weighted by atomic mass is 19.1. The standard InChI is InChI=1S/C23H19FN6O4/c1-3-33-19-9-6-15(10-20(19)32-2)22-26-21(34-28-22)12-29-23(31)18-11-17(27-30(18)13-25-29)14-4-7-16(24)8-5-14/h4-11,13H,3,12H2,1-2H3. The second-order valence-corrected chi connectivity index (χ2v) is 7.27. The van der Waals surface area contributed by atoms with Gasteiger partial charge in [-0.2, -0.15) is 15.2 Å². The number of rotatable bonds is 7. The maximum Gasteiger partial charge on any atom is 0.293 e. The Kier molecular flexibility index (Phi) is 5.50. The largest absolute Gasteiger partial charge is 0.493 e. The van der Waals surface area contributed by atoms with Crippen LogP contribution in [0.5, 0.6) is 11.5 Å². The van der Waals surface area contributed by atoms with E-state index in [1.54, 1.807) is 43.5 Å². The highest BCUT2D eigenvalue weighted by Crippen LogP contribution is 2.31. The second-order valence-electron chi connectivity index (χ2n) is 7.27. The molecular weight excluding hydrogens is 443 g/mol. The zero-order chi connectivity index (χ0) is 23.7. The molecule has 3 aromatic heterocycles. The van der Waals surface area contributed by atoms with Crippen molar-refractivity contribution in [2.45, 2.75) is 13.5 Å². The van der Waals surface area contributed by atoms with Crippen molar-refractivity contribution >= 4 is 5.52 Å². The van der Waals surface area contributed by atoms with Crippen LogP contribution in [0.4, 0.5) is 4.39 Å². The lowest BCUT2D eigenvalue weighted by Crippen LogP contribution is -2.25. The van der Waals surface area contributed by atoms with Crippen LogP contribution in [0.25, 0.3) is 28.2 Å². The molecule has 0 N–H and O–H groups in total. The predicted molar refractivity (Wildman–Crippen MR) is 119 cm³/mol. The van der Waals surface area contributed by atoms with Gasteiger partial charge in [0.15, 0.2) is 11.5 Å². The molecule has 0 unspecified atom stereocenters. The fraction of sp³-hybridized carbons (Fsp3) is 0.174. The molecule has 34 heavy (non-hydrogen) atoms. The van der Waals surface area contributed by atoms with Gasteiger partial charge in [-0.05, 0) is 55.5 Å². The van der Waals surface area contributed by atoms with E-state index in [-0.39, 0.29) is 23.8 Å². The SMILES string of the molecule is CCOc1ccc(-c2noc(Cn3ncn4nc(-c5ccc(F)cc5)cc4c3=O)n2)cc1OC. The van der Waals surface area contributed by atoms with Crippen LogP contribution >= 0.6 is 0 Å². The Morgan fingerprint density at radius 3 is 2.62 bits per heavy atom. The summed E-state index contributed by atoms with van der Waals surface area (Å²) in [6.45, 7) is 2.38. The third kappa shape index (κ3) is 3.98. The summed E-state index contributed by atoms with van der Waals surface area (Å²) in [4.78, 5) is 17.3. The lowest BCUT2D eigenvalue weighted by Gasteiger charge is -2.09. The average Bonchev–Trinajstić information content (AvgIpc) is 3.50. The summed E-state index contributed by atoms with van der Waals surface area (Å²) in [6, 6.07) is 12.8. The van der Waals surface area contributed by atoms with Crippen molar-refractivity contribution in [3.05, 3.63) is 76.9 Å². The average molecular weight is 462 g/mol. The number of nitrogens with zero attached hydrogens (tertiary/aromatic N) is 6. The van der Waals surface area contributed by atoms with Crippen LogP contribution in [0.15, 0.2) is 64.2 Å². The van der Waals surface area contributed by atoms with Gasteiger partial charge in [-0.3, -0.25) is 4.79 Å². The van der Waals surface area contributed by atoms with Gasteiger partial charge in [0.25, 0.3) is 5.56 Å². The highest BCUT2D eigenvalue weighted by molar-refractivity contribution is 5.65. The number of hydrogen-bond acceptors (Lipinski definition) is 8. The lowest BCUT2D eigenvalue weighted by atomic mass is 10.1. The van der Waals surface area contributed by atoms with E-state index >= 15 is 0 Å². The summed E-state index contributed by atoms with van der Waals surface area (Å²) in [5, 5.41) is 12.5. The third-order valence-electron chi connectivity index (χ3n) is 5.10. The molecule has 0 aliphatic carbocycles. The minimum atomic E-state index is -0.383. The van der Waals surface area contributed by atoms with E-state index in [1.807, 2.05) is 6.92 Å². The molecule has 11 heteroatoms. The van der Waals surface area contributed by atoms with Gasteiger partial charge in [-0.15, -0.1) is 0 Å². The first-order valence-corrected chi connectivity index (χ1v) is 10.4. The van der Waals surface area contributed by atoms with Crippen molar-refractivity contribution in [3.8, 4) is 34.1 Å². The van der Waals surface area contributed by atoms with E-state index in [1.165, 1.54) is 27.7 Å². The smallest absolute Gasteiger partial charge is 0.293 e. The van der Waals surface area contributed by atoms with E-state index in [0.29, 0.717) is 46.3 Å². The number of aromatic nitrogens is 6. The van der Waals surface area contributed by atoms with Crippen LogP contribution in [-0.4, -0.2) is 43.3 Å². The summed E-state index contributed by atoms with van der Waals surface area (Å²) < 4.78 is 32.0. The molecule has 172 valence electrons. The normalized spacial score (nSPS) is 11.1. The molecule has 0 saturated heterocycles. The van der Waals surface area contributed by atoms with Crippen molar-refractivity contribution in [1.29, 1.82) is 0 Å². The highest BCUT2D eigenvalue weighted by Gasteiger charge is 2.15. The Hall–Kier alpha value is -4.54. The van der Waals surface area contributed by atoms with Gasteiger partial charge in [-0.25, -0.2) is 13.6 Å². The maximum atomic E-state index is 13.2.